The van der Waals surface area contributed by atoms with Crippen LogP contribution in [0.1, 0.15) is 43.1 Å². The first-order chi connectivity index (χ1) is 15.1. The maximum Gasteiger partial charge on any atom is 0.255 e. The van der Waals surface area contributed by atoms with Crippen LogP contribution in [0.25, 0.3) is 0 Å². The van der Waals surface area contributed by atoms with Gasteiger partial charge in [-0.05, 0) is 49.6 Å². The Morgan fingerprint density at radius 2 is 1.59 bits per heavy atom. The molecule has 1 heterocycles. The fourth-order valence-electron chi connectivity index (χ4n) is 3.51. The van der Waals surface area contributed by atoms with E-state index in [9.17, 15) is 9.59 Å². The molecule has 166 valence electrons. The van der Waals surface area contributed by atoms with E-state index in [0.29, 0.717) is 24.9 Å². The molecule has 32 heavy (non-hydrogen) atoms. The minimum Gasteiger partial charge on any atom is -0.350 e. The van der Waals surface area contributed by atoms with Crippen LogP contribution in [-0.4, -0.2) is 33.9 Å². The van der Waals surface area contributed by atoms with Crippen molar-refractivity contribution in [3.05, 3.63) is 84.4 Å². The van der Waals surface area contributed by atoms with Gasteiger partial charge in [-0.2, -0.15) is 0 Å². The molecule has 2 amide bonds. The van der Waals surface area contributed by atoms with Gasteiger partial charge in [-0.1, -0.05) is 37.8 Å². The minimum absolute atomic E-state index is 0. The molecular formula is C25H29N5O2. The predicted octanol–water partition coefficient (Wildman–Crippen LogP) is 3.85. The van der Waals surface area contributed by atoms with E-state index in [1.165, 1.54) is 18.7 Å². The molecule has 1 saturated carbocycles. The van der Waals surface area contributed by atoms with Crippen LogP contribution in [0.15, 0.2) is 73.3 Å². The van der Waals surface area contributed by atoms with Crippen LogP contribution < -0.4 is 15.5 Å². The van der Waals surface area contributed by atoms with Gasteiger partial charge >= 0.3 is 0 Å². The molecule has 3 aromatic rings. The van der Waals surface area contributed by atoms with E-state index in [1.807, 2.05) is 30.3 Å². The Morgan fingerprint density at radius 1 is 0.969 bits per heavy atom. The van der Waals surface area contributed by atoms with Gasteiger partial charge in [0.1, 0.15) is 11.9 Å². The number of carbonyl (C=O) groups excluding carboxylic acids is 2. The van der Waals surface area contributed by atoms with Gasteiger partial charge in [0.05, 0.1) is 5.56 Å². The second-order valence-electron chi connectivity index (χ2n) is 7.59. The highest BCUT2D eigenvalue weighted by Gasteiger charge is 2.51. The number of anilines is 2. The van der Waals surface area contributed by atoms with Gasteiger partial charge in [0.15, 0.2) is 0 Å². The second kappa shape index (κ2) is 10.0. The molecule has 2 aromatic carbocycles. The summed E-state index contributed by atoms with van der Waals surface area (Å²) in [5.41, 5.74) is 2.75. The number of amides is 2. The van der Waals surface area contributed by atoms with Crippen molar-refractivity contribution in [3.8, 4) is 0 Å². The Kier molecular flexibility index (Phi) is 7.20. The summed E-state index contributed by atoms with van der Waals surface area (Å²) in [5, 5.41) is 5.79. The Balaban J connectivity index is 0.00000289. The van der Waals surface area contributed by atoms with Gasteiger partial charge in [-0.25, -0.2) is 9.97 Å². The average Bonchev–Trinajstić information content (AvgIpc) is 3.61. The second-order valence-corrected chi connectivity index (χ2v) is 7.59. The third-order valence-electron chi connectivity index (χ3n) is 5.45. The first kappa shape index (κ1) is 22.9. The third kappa shape index (κ3) is 5.11. The van der Waals surface area contributed by atoms with Crippen molar-refractivity contribution >= 4 is 23.2 Å². The van der Waals surface area contributed by atoms with E-state index in [0.717, 1.165) is 23.5 Å². The number of rotatable bonds is 8. The van der Waals surface area contributed by atoms with Gasteiger partial charge in [-0.3, -0.25) is 9.59 Å². The molecule has 1 aliphatic carbocycles. The topological polar surface area (TPSA) is 87.2 Å². The Morgan fingerprint density at radius 3 is 2.19 bits per heavy atom. The molecule has 0 bridgehead atoms. The van der Waals surface area contributed by atoms with Crippen LogP contribution in [0.3, 0.4) is 0 Å². The SMILES string of the molecule is C.CCN(c1ccccc1)c1ccc(CNC(=O)C2(NC(=O)c3cncnc3)CC2)cc1. The lowest BCUT2D eigenvalue weighted by Gasteiger charge is -2.23. The summed E-state index contributed by atoms with van der Waals surface area (Å²) in [6.07, 6.45) is 5.49. The number of para-hydroxylation sites is 1. The Hall–Kier alpha value is -3.74. The molecule has 0 unspecified atom stereocenters. The molecule has 1 fully saturated rings. The zero-order chi connectivity index (χ0) is 21.7. The zero-order valence-electron chi connectivity index (χ0n) is 17.4. The van der Waals surface area contributed by atoms with E-state index in [-0.39, 0.29) is 19.2 Å². The van der Waals surface area contributed by atoms with Crippen LogP contribution in [0.2, 0.25) is 0 Å². The lowest BCUT2D eigenvalue weighted by Crippen LogP contribution is -2.48. The summed E-state index contributed by atoms with van der Waals surface area (Å²) in [6.45, 7) is 3.38. The highest BCUT2D eigenvalue weighted by atomic mass is 16.2. The molecule has 1 aromatic heterocycles. The minimum atomic E-state index is -0.834. The molecule has 7 nitrogen and oxygen atoms in total. The van der Waals surface area contributed by atoms with E-state index in [1.54, 1.807) is 0 Å². The van der Waals surface area contributed by atoms with E-state index in [4.69, 9.17) is 0 Å². The normalized spacial score (nSPS) is 13.4. The molecular weight excluding hydrogens is 402 g/mol. The summed E-state index contributed by atoms with van der Waals surface area (Å²) in [5.74, 6) is -0.501. The number of aromatic nitrogens is 2. The van der Waals surface area contributed by atoms with E-state index < -0.39 is 5.54 Å². The summed E-state index contributed by atoms with van der Waals surface area (Å²) in [7, 11) is 0. The molecule has 0 spiro atoms. The maximum atomic E-state index is 12.7. The standard InChI is InChI=1S/C24H25N5O2.CH4/c1-2-29(20-6-4-3-5-7-20)21-10-8-18(9-11-21)14-27-23(31)24(12-13-24)28-22(30)19-15-25-17-26-16-19;/h3-11,15-17H,2,12-14H2,1H3,(H,27,31)(H,28,30);1H4. The van der Waals surface area contributed by atoms with E-state index >= 15 is 0 Å². The number of hydrogen-bond acceptors (Lipinski definition) is 5. The monoisotopic (exact) mass is 431 g/mol. The van der Waals surface area contributed by atoms with Crippen molar-refractivity contribution in [2.24, 2.45) is 0 Å². The quantitative estimate of drug-likeness (QED) is 0.566. The van der Waals surface area contributed by atoms with Crippen LogP contribution in [0.4, 0.5) is 11.4 Å². The largest absolute Gasteiger partial charge is 0.350 e. The van der Waals surface area contributed by atoms with Crippen molar-refractivity contribution in [2.45, 2.75) is 39.3 Å². The summed E-state index contributed by atoms with van der Waals surface area (Å²) >= 11 is 0. The Labute approximate surface area is 188 Å². The molecule has 7 heteroatoms. The average molecular weight is 432 g/mol. The lowest BCUT2D eigenvalue weighted by atomic mass is 10.1. The first-order valence-corrected chi connectivity index (χ1v) is 10.4. The van der Waals surface area contributed by atoms with Crippen LogP contribution >= 0.6 is 0 Å². The lowest BCUT2D eigenvalue weighted by molar-refractivity contribution is -0.124. The molecule has 4 rings (SSSR count). The van der Waals surface area contributed by atoms with Crippen LogP contribution in [0, 0.1) is 0 Å². The van der Waals surface area contributed by atoms with Crippen molar-refractivity contribution in [3.63, 3.8) is 0 Å². The van der Waals surface area contributed by atoms with Crippen molar-refractivity contribution < 1.29 is 9.59 Å². The van der Waals surface area contributed by atoms with Gasteiger partial charge in [0, 0.05) is 36.9 Å². The first-order valence-electron chi connectivity index (χ1n) is 10.4. The number of nitrogens with zero attached hydrogens (tertiary/aromatic N) is 3. The van der Waals surface area contributed by atoms with Gasteiger partial charge in [-0.15, -0.1) is 0 Å². The fourth-order valence-corrected chi connectivity index (χ4v) is 3.51. The summed E-state index contributed by atoms with van der Waals surface area (Å²) in [6, 6.07) is 18.4. The smallest absolute Gasteiger partial charge is 0.255 e. The maximum absolute atomic E-state index is 12.7. The number of nitrogens with one attached hydrogen (secondary N) is 2. The van der Waals surface area contributed by atoms with Crippen LogP contribution in [0.5, 0.6) is 0 Å². The highest BCUT2D eigenvalue weighted by molar-refractivity contribution is 6.00. The third-order valence-corrected chi connectivity index (χ3v) is 5.45. The molecule has 1 aliphatic rings. The van der Waals surface area contributed by atoms with Crippen molar-refractivity contribution in [1.82, 2.24) is 20.6 Å². The molecule has 0 saturated heterocycles. The molecule has 2 N–H and O–H groups in total. The fraction of sp³-hybridized carbons (Fsp3) is 0.280. The number of hydrogen-bond donors (Lipinski definition) is 2. The molecule has 0 atom stereocenters. The Bertz CT molecular complexity index is 1030. The van der Waals surface area contributed by atoms with Crippen molar-refractivity contribution in [2.75, 3.05) is 11.4 Å². The number of benzene rings is 2. The summed E-state index contributed by atoms with van der Waals surface area (Å²) in [4.78, 5) is 35.0. The van der Waals surface area contributed by atoms with Gasteiger partial charge in [0.25, 0.3) is 5.91 Å². The van der Waals surface area contributed by atoms with E-state index in [2.05, 4.69) is 56.7 Å². The number of carbonyl (C=O) groups is 2. The van der Waals surface area contributed by atoms with Gasteiger partial charge in [0.2, 0.25) is 5.91 Å². The van der Waals surface area contributed by atoms with Crippen molar-refractivity contribution in [1.29, 1.82) is 0 Å². The summed E-state index contributed by atoms with van der Waals surface area (Å²) < 4.78 is 0. The molecule has 0 radical (unpaired) electrons. The zero-order valence-corrected chi connectivity index (χ0v) is 17.4. The van der Waals surface area contributed by atoms with Crippen LogP contribution in [-0.2, 0) is 11.3 Å². The predicted molar refractivity (Wildman–Crippen MR) is 126 cm³/mol. The molecule has 0 aliphatic heterocycles. The highest BCUT2D eigenvalue weighted by Crippen LogP contribution is 2.36. The van der Waals surface area contributed by atoms with Gasteiger partial charge < -0.3 is 15.5 Å².